The Labute approximate surface area is 58.4 Å². The minimum absolute atomic E-state index is 1.03. The largest absolute Gasteiger partial charge is 0.357 e. The van der Waals surface area contributed by atoms with E-state index in [-0.39, 0.29) is 0 Å². The Bertz CT molecular complexity index is 37.0. The normalized spacial score (nSPS) is 9.75. The molecule has 0 aromatic heterocycles. The van der Waals surface area contributed by atoms with Crippen LogP contribution >= 0.6 is 21.6 Å². The first-order chi connectivity index (χ1) is 3.91. The van der Waals surface area contributed by atoms with Crippen molar-refractivity contribution in [2.24, 2.45) is 0 Å². The lowest BCUT2D eigenvalue weighted by molar-refractivity contribution is -0.360. The molecule has 0 radical (unpaired) electrons. The molecule has 0 atom stereocenters. The first-order valence-corrected chi connectivity index (χ1v) is 5.09. The average Bonchev–Trinajstić information content (AvgIpc) is 1.81. The van der Waals surface area contributed by atoms with Crippen LogP contribution in [0.25, 0.3) is 0 Å². The Morgan fingerprint density at radius 3 is 2.75 bits per heavy atom. The molecule has 0 saturated carbocycles. The molecule has 0 fully saturated rings. The van der Waals surface area contributed by atoms with E-state index in [0.717, 1.165) is 18.2 Å². The van der Waals surface area contributed by atoms with E-state index >= 15 is 0 Å². The quantitative estimate of drug-likeness (QED) is 0.326. The van der Waals surface area contributed by atoms with Crippen LogP contribution in [0.5, 0.6) is 0 Å². The maximum atomic E-state index is 3.73. The van der Waals surface area contributed by atoms with Crippen LogP contribution in [0.4, 0.5) is 0 Å². The summed E-state index contributed by atoms with van der Waals surface area (Å²) in [5, 5.41) is 3.05. The second-order valence-electron chi connectivity index (χ2n) is 1.29. The summed E-state index contributed by atoms with van der Waals surface area (Å²) < 4.78 is 0. The van der Waals surface area contributed by atoms with E-state index in [1.807, 2.05) is 28.6 Å². The van der Waals surface area contributed by atoms with Gasteiger partial charge >= 0.3 is 0 Å². The minimum atomic E-state index is 1.03. The third kappa shape index (κ3) is 6.62. The Morgan fingerprint density at radius 1 is 1.50 bits per heavy atom. The van der Waals surface area contributed by atoms with Crippen molar-refractivity contribution in [1.29, 1.82) is 0 Å². The Kier molecular flexibility index (Phi) is 8.21. The molecule has 0 bridgehead atoms. The van der Waals surface area contributed by atoms with Crippen LogP contribution in [-0.4, -0.2) is 25.2 Å². The Balaban J connectivity index is 2.53. The zero-order valence-corrected chi connectivity index (χ0v) is 6.78. The molecule has 8 heavy (non-hydrogen) atoms. The van der Waals surface area contributed by atoms with Gasteiger partial charge in [0.05, 0.1) is 18.2 Å². The molecule has 4 N–H and O–H groups in total. The summed E-state index contributed by atoms with van der Waals surface area (Å²) in [7, 11) is 5.67. The molecule has 4 heteroatoms. The minimum Gasteiger partial charge on any atom is -0.357 e. The second-order valence-corrected chi connectivity index (χ2v) is 3.87. The van der Waals surface area contributed by atoms with Gasteiger partial charge in [-0.25, -0.2) is 0 Å². The predicted octanol–water partition coefficient (Wildman–Crippen LogP) is -0.213. The van der Waals surface area contributed by atoms with Crippen LogP contribution in [0.3, 0.4) is 0 Å². The van der Waals surface area contributed by atoms with Crippen LogP contribution in [0, 0.1) is 0 Å². The number of quaternary nitrogens is 1. The van der Waals surface area contributed by atoms with E-state index in [1.165, 1.54) is 0 Å². The highest BCUT2D eigenvalue weighted by Gasteiger charge is 1.84. The molecule has 0 amide bonds. The van der Waals surface area contributed by atoms with Crippen molar-refractivity contribution in [2.75, 3.05) is 25.2 Å². The van der Waals surface area contributed by atoms with Crippen molar-refractivity contribution in [1.82, 2.24) is 5.32 Å². The van der Waals surface area contributed by atoms with Crippen LogP contribution in [-0.2, 0) is 0 Å². The lowest BCUT2D eigenvalue weighted by Gasteiger charge is -1.94. The lowest BCUT2D eigenvalue weighted by atomic mass is 10.8. The molecule has 0 aromatic rings. The third-order valence-electron chi connectivity index (χ3n) is 0.514. The van der Waals surface area contributed by atoms with Gasteiger partial charge in [-0.1, -0.05) is 21.6 Å². The van der Waals surface area contributed by atoms with Gasteiger partial charge < -0.3 is 11.1 Å². The van der Waals surface area contributed by atoms with Gasteiger partial charge in [-0.2, -0.15) is 0 Å². The van der Waals surface area contributed by atoms with Gasteiger partial charge in [0.15, 0.2) is 0 Å². The highest BCUT2D eigenvalue weighted by Crippen LogP contribution is 2.17. The Hall–Kier alpha value is 0.620. The van der Waals surface area contributed by atoms with Gasteiger partial charge in [-0.3, -0.25) is 0 Å². The molecular weight excluding hydrogens is 140 g/mol. The summed E-state index contributed by atoms with van der Waals surface area (Å²) in [5.74, 6) is 2.19. The molecule has 0 rings (SSSR count). The lowest BCUT2D eigenvalue weighted by Crippen LogP contribution is -2.51. The zero-order chi connectivity index (χ0) is 6.24. The summed E-state index contributed by atoms with van der Waals surface area (Å²) in [6, 6.07) is 0. The van der Waals surface area contributed by atoms with Gasteiger partial charge in [-0.15, -0.1) is 0 Å². The summed E-state index contributed by atoms with van der Waals surface area (Å²) in [6.45, 7) is 1.03. The van der Waals surface area contributed by atoms with Gasteiger partial charge in [0.1, 0.15) is 0 Å². The number of hydrogen-bond acceptors (Lipinski definition) is 3. The van der Waals surface area contributed by atoms with Crippen molar-refractivity contribution >= 4 is 21.6 Å². The first-order valence-electron chi connectivity index (χ1n) is 2.60. The van der Waals surface area contributed by atoms with Crippen LogP contribution < -0.4 is 11.1 Å². The van der Waals surface area contributed by atoms with Crippen LogP contribution in [0.15, 0.2) is 0 Å². The number of rotatable bonds is 5. The molecule has 0 aliphatic carbocycles. The van der Waals surface area contributed by atoms with Crippen molar-refractivity contribution < 1.29 is 5.73 Å². The molecule has 0 spiro atoms. The number of nitrogens with one attached hydrogen (secondary N) is 1. The van der Waals surface area contributed by atoms with E-state index in [1.54, 1.807) is 0 Å². The van der Waals surface area contributed by atoms with Crippen molar-refractivity contribution in [3.05, 3.63) is 0 Å². The molecule has 0 aliphatic rings. The van der Waals surface area contributed by atoms with E-state index in [0.29, 0.717) is 0 Å². The maximum Gasteiger partial charge on any atom is 0.0840 e. The fourth-order valence-corrected chi connectivity index (χ4v) is 1.97. The molecule has 2 nitrogen and oxygen atoms in total. The SMILES string of the molecule is CNCSSCC[NH3+]. The Morgan fingerprint density at radius 2 is 2.25 bits per heavy atom. The monoisotopic (exact) mass is 153 g/mol. The molecule has 0 saturated heterocycles. The van der Waals surface area contributed by atoms with E-state index in [2.05, 4.69) is 11.1 Å². The van der Waals surface area contributed by atoms with Crippen LogP contribution in [0.1, 0.15) is 0 Å². The van der Waals surface area contributed by atoms with E-state index in [4.69, 9.17) is 0 Å². The molecule has 50 valence electrons. The molecule has 0 heterocycles. The highest BCUT2D eigenvalue weighted by atomic mass is 33.1. The van der Waals surface area contributed by atoms with Gasteiger partial charge in [0.25, 0.3) is 0 Å². The first kappa shape index (κ1) is 8.62. The standard InChI is InChI=1S/C4H12N2S2/c1-6-4-8-7-3-2-5/h6H,2-5H2,1H3/p+1. The van der Waals surface area contributed by atoms with Crippen molar-refractivity contribution in [2.45, 2.75) is 0 Å². The average molecular weight is 153 g/mol. The molecule has 0 aromatic carbocycles. The fourth-order valence-electron chi connectivity index (χ4n) is 0.218. The van der Waals surface area contributed by atoms with E-state index in [9.17, 15) is 0 Å². The van der Waals surface area contributed by atoms with Crippen molar-refractivity contribution in [3.8, 4) is 0 Å². The van der Waals surface area contributed by atoms with Crippen molar-refractivity contribution in [3.63, 3.8) is 0 Å². The molecule has 0 aliphatic heterocycles. The molecule has 0 unspecified atom stereocenters. The fraction of sp³-hybridized carbons (Fsp3) is 1.00. The van der Waals surface area contributed by atoms with Gasteiger partial charge in [0.2, 0.25) is 0 Å². The summed E-state index contributed by atoms with van der Waals surface area (Å²) >= 11 is 0. The zero-order valence-electron chi connectivity index (χ0n) is 5.14. The van der Waals surface area contributed by atoms with Gasteiger partial charge in [-0.05, 0) is 7.05 Å². The predicted molar refractivity (Wildman–Crippen MR) is 41.7 cm³/mol. The molecular formula is C4H13N2S2+. The maximum absolute atomic E-state index is 3.73. The number of hydrogen-bond donors (Lipinski definition) is 2. The van der Waals surface area contributed by atoms with Gasteiger partial charge in [0, 0.05) is 0 Å². The summed E-state index contributed by atoms with van der Waals surface area (Å²) in [6.07, 6.45) is 0. The van der Waals surface area contributed by atoms with E-state index < -0.39 is 0 Å². The summed E-state index contributed by atoms with van der Waals surface area (Å²) in [5.41, 5.74) is 3.73. The highest BCUT2D eigenvalue weighted by molar-refractivity contribution is 8.76. The second kappa shape index (κ2) is 7.62. The summed E-state index contributed by atoms with van der Waals surface area (Å²) in [4.78, 5) is 0. The topological polar surface area (TPSA) is 39.7 Å². The smallest absolute Gasteiger partial charge is 0.0840 e. The van der Waals surface area contributed by atoms with Crippen LogP contribution in [0.2, 0.25) is 0 Å². The third-order valence-corrected chi connectivity index (χ3v) is 2.90.